The summed E-state index contributed by atoms with van der Waals surface area (Å²) in [6.45, 7) is 0. The fraction of sp³-hybridized carbons (Fsp3) is 0.0175. The Labute approximate surface area is 350 Å². The summed E-state index contributed by atoms with van der Waals surface area (Å²) < 4.78 is 8.95. The summed E-state index contributed by atoms with van der Waals surface area (Å²) in [6.07, 6.45) is 0. The average Bonchev–Trinajstić information content (AvgIpc) is 4.05. The number of hydrogen-bond acceptors (Lipinski definition) is 3. The van der Waals surface area contributed by atoms with E-state index in [4.69, 9.17) is 14.4 Å². The van der Waals surface area contributed by atoms with Gasteiger partial charge in [-0.15, -0.1) is 0 Å². The second-order valence-corrected chi connectivity index (χ2v) is 16.4. The Bertz CT molecular complexity index is 3780. The summed E-state index contributed by atoms with van der Waals surface area (Å²) in [5.41, 5.74) is 18.3. The van der Waals surface area contributed by atoms with E-state index in [1.165, 1.54) is 60.7 Å². The minimum Gasteiger partial charge on any atom is -0.452 e. The van der Waals surface area contributed by atoms with Crippen LogP contribution in [0.4, 0.5) is 0 Å². The highest BCUT2D eigenvalue weighted by Gasteiger charge is 2.53. The third-order valence-electron chi connectivity index (χ3n) is 13.4. The summed E-state index contributed by atoms with van der Waals surface area (Å²) >= 11 is 0. The Kier molecular flexibility index (Phi) is 6.46. The molecule has 3 aromatic heterocycles. The van der Waals surface area contributed by atoms with Gasteiger partial charge in [0.25, 0.3) is 0 Å². The van der Waals surface area contributed by atoms with Crippen molar-refractivity contribution in [2.24, 2.45) is 0 Å². The van der Waals surface area contributed by atoms with E-state index in [0.29, 0.717) is 11.4 Å². The number of benzene rings is 9. The molecule has 4 nitrogen and oxygen atoms in total. The van der Waals surface area contributed by atoms with Crippen LogP contribution in [0.25, 0.3) is 105 Å². The molecule has 0 fully saturated rings. The minimum absolute atomic E-state index is 0.557. The summed E-state index contributed by atoms with van der Waals surface area (Å²) in [6, 6.07) is 72.6. The predicted octanol–water partition coefficient (Wildman–Crippen LogP) is 14.3. The van der Waals surface area contributed by atoms with E-state index in [2.05, 4.69) is 168 Å². The van der Waals surface area contributed by atoms with Gasteiger partial charge in [0.1, 0.15) is 16.8 Å². The molecule has 0 atom stereocenters. The normalized spacial score (nSPS) is 13.4. The zero-order valence-corrected chi connectivity index (χ0v) is 32.8. The average molecular weight is 776 g/mol. The highest BCUT2D eigenvalue weighted by atomic mass is 16.3. The lowest BCUT2D eigenvalue weighted by Crippen LogP contribution is -2.26. The summed E-state index contributed by atoms with van der Waals surface area (Å²) in [5.74, 6) is 0.661. The maximum atomic E-state index is 6.50. The summed E-state index contributed by atoms with van der Waals surface area (Å²) in [4.78, 5) is 10.7. The van der Waals surface area contributed by atoms with Crippen molar-refractivity contribution in [3.63, 3.8) is 0 Å². The molecule has 0 radical (unpaired) electrons. The SMILES string of the molecule is c1ccc(-c2nc(-c3ccc4c(c3)c3c5c(ccc3n4-c3ccccc3)-c3c(ccc4ccccc34)C53c4ccccc4-c4ccccc43)nc3c2oc2ccccc23)cc1. The van der Waals surface area contributed by atoms with E-state index in [1.807, 2.05) is 36.4 Å². The van der Waals surface area contributed by atoms with Gasteiger partial charge in [-0.1, -0.05) is 152 Å². The highest BCUT2D eigenvalue weighted by molar-refractivity contribution is 6.19. The Morgan fingerprint density at radius 1 is 0.459 bits per heavy atom. The molecule has 0 unspecified atom stereocenters. The van der Waals surface area contributed by atoms with Gasteiger partial charge in [-0.25, -0.2) is 9.97 Å². The van der Waals surface area contributed by atoms with Crippen LogP contribution < -0.4 is 0 Å². The second-order valence-electron chi connectivity index (χ2n) is 16.4. The van der Waals surface area contributed by atoms with Crippen LogP contribution >= 0.6 is 0 Å². The molecule has 0 aliphatic heterocycles. The molecule has 0 N–H and O–H groups in total. The van der Waals surface area contributed by atoms with E-state index in [-0.39, 0.29) is 0 Å². The molecule has 61 heavy (non-hydrogen) atoms. The van der Waals surface area contributed by atoms with Gasteiger partial charge in [-0.2, -0.15) is 0 Å². The molecule has 0 amide bonds. The molecule has 2 aliphatic carbocycles. The molecule has 282 valence electrons. The van der Waals surface area contributed by atoms with Crippen molar-refractivity contribution >= 4 is 54.6 Å². The van der Waals surface area contributed by atoms with Crippen molar-refractivity contribution in [2.75, 3.05) is 0 Å². The first-order valence-electron chi connectivity index (χ1n) is 20.9. The van der Waals surface area contributed by atoms with Gasteiger partial charge in [0.2, 0.25) is 0 Å². The monoisotopic (exact) mass is 775 g/mol. The predicted molar refractivity (Wildman–Crippen MR) is 248 cm³/mol. The van der Waals surface area contributed by atoms with E-state index in [1.54, 1.807) is 0 Å². The van der Waals surface area contributed by atoms with Gasteiger partial charge < -0.3 is 8.98 Å². The third-order valence-corrected chi connectivity index (χ3v) is 13.4. The summed E-state index contributed by atoms with van der Waals surface area (Å²) in [5, 5.41) is 5.89. The molecule has 1 spiro atoms. The molecule has 12 aromatic rings. The Morgan fingerprint density at radius 3 is 1.93 bits per heavy atom. The molecule has 9 aromatic carbocycles. The number of para-hydroxylation sites is 2. The maximum Gasteiger partial charge on any atom is 0.180 e. The number of furan rings is 1. The minimum atomic E-state index is -0.557. The molecular weight excluding hydrogens is 743 g/mol. The highest BCUT2D eigenvalue weighted by Crippen LogP contribution is 2.65. The van der Waals surface area contributed by atoms with Crippen molar-refractivity contribution in [2.45, 2.75) is 5.41 Å². The first-order valence-corrected chi connectivity index (χ1v) is 20.9. The van der Waals surface area contributed by atoms with E-state index in [9.17, 15) is 0 Å². The maximum absolute atomic E-state index is 6.50. The van der Waals surface area contributed by atoms with E-state index < -0.39 is 5.41 Å². The molecular formula is C57H33N3O. The molecule has 3 heterocycles. The summed E-state index contributed by atoms with van der Waals surface area (Å²) in [7, 11) is 0. The first-order chi connectivity index (χ1) is 30.3. The van der Waals surface area contributed by atoms with Gasteiger partial charge >= 0.3 is 0 Å². The van der Waals surface area contributed by atoms with Crippen molar-refractivity contribution < 1.29 is 4.42 Å². The van der Waals surface area contributed by atoms with E-state index in [0.717, 1.165) is 55.4 Å². The smallest absolute Gasteiger partial charge is 0.180 e. The van der Waals surface area contributed by atoms with Gasteiger partial charge in [0.15, 0.2) is 11.4 Å². The molecule has 4 heteroatoms. The van der Waals surface area contributed by atoms with Crippen LogP contribution in [0.5, 0.6) is 0 Å². The number of rotatable bonds is 3. The largest absolute Gasteiger partial charge is 0.452 e. The van der Waals surface area contributed by atoms with Crippen LogP contribution in [0.15, 0.2) is 205 Å². The van der Waals surface area contributed by atoms with Gasteiger partial charge in [-0.3, -0.25) is 0 Å². The first kappa shape index (κ1) is 32.8. The number of aromatic nitrogens is 3. The quantitative estimate of drug-likeness (QED) is 0.180. The fourth-order valence-corrected chi connectivity index (χ4v) is 11.0. The Balaban J connectivity index is 1.15. The topological polar surface area (TPSA) is 43.9 Å². The molecule has 0 saturated heterocycles. The molecule has 0 bridgehead atoms. The van der Waals surface area contributed by atoms with Crippen LogP contribution in [0.2, 0.25) is 0 Å². The second kappa shape index (κ2) is 12.0. The lowest BCUT2D eigenvalue weighted by molar-refractivity contribution is 0.667. The number of hydrogen-bond donors (Lipinski definition) is 0. The van der Waals surface area contributed by atoms with Crippen LogP contribution in [0.1, 0.15) is 22.3 Å². The lowest BCUT2D eigenvalue weighted by atomic mass is 9.69. The fourth-order valence-electron chi connectivity index (χ4n) is 11.0. The van der Waals surface area contributed by atoms with Gasteiger partial charge in [-0.05, 0) is 104 Å². The Morgan fingerprint density at radius 2 is 1.13 bits per heavy atom. The van der Waals surface area contributed by atoms with Crippen molar-refractivity contribution in [3.8, 4) is 50.6 Å². The van der Waals surface area contributed by atoms with Crippen LogP contribution in [0, 0.1) is 0 Å². The van der Waals surface area contributed by atoms with Crippen molar-refractivity contribution in [1.29, 1.82) is 0 Å². The Hall–Kier alpha value is -8.08. The lowest BCUT2D eigenvalue weighted by Gasteiger charge is -2.31. The molecule has 2 aliphatic rings. The zero-order valence-electron chi connectivity index (χ0n) is 32.8. The van der Waals surface area contributed by atoms with Crippen LogP contribution in [-0.4, -0.2) is 14.5 Å². The number of nitrogens with zero attached hydrogens (tertiary/aromatic N) is 3. The van der Waals surface area contributed by atoms with Crippen LogP contribution in [-0.2, 0) is 5.41 Å². The number of fused-ring (bicyclic) bond motifs is 19. The van der Waals surface area contributed by atoms with Gasteiger partial charge in [0.05, 0.1) is 16.4 Å². The van der Waals surface area contributed by atoms with Crippen molar-refractivity contribution in [1.82, 2.24) is 14.5 Å². The van der Waals surface area contributed by atoms with Crippen LogP contribution in [0.3, 0.4) is 0 Å². The third kappa shape index (κ3) is 4.23. The van der Waals surface area contributed by atoms with E-state index >= 15 is 0 Å². The van der Waals surface area contributed by atoms with Crippen molar-refractivity contribution in [3.05, 3.63) is 222 Å². The molecule has 0 saturated carbocycles. The zero-order chi connectivity index (χ0) is 39.8. The van der Waals surface area contributed by atoms with Gasteiger partial charge in [0, 0.05) is 33.0 Å². The molecule has 14 rings (SSSR count). The standard InChI is InChI=1S/C57H33N3O/c1-3-16-35(17-4-1)53-55-54(41-23-11-14-26-49(41)61-55)59-56(58-53)36-28-31-47-43(33-36)51-48(60(47)37-18-5-2-6-19-37)32-29-42-50-38-20-8-7-15-34(38)27-30-46(50)57(52(42)51)44-24-12-9-21-39(44)40-22-10-13-25-45(40)57/h1-33H.